The molecule has 2 amide bonds. The fourth-order valence-electron chi connectivity index (χ4n) is 3.24. The van der Waals surface area contributed by atoms with Crippen LogP contribution in [0.1, 0.15) is 12.5 Å². The van der Waals surface area contributed by atoms with Gasteiger partial charge in [0.2, 0.25) is 11.8 Å². The van der Waals surface area contributed by atoms with Crippen LogP contribution in [0, 0.1) is 11.6 Å². The molecule has 7 nitrogen and oxygen atoms in total. The molecule has 0 aliphatic carbocycles. The van der Waals surface area contributed by atoms with E-state index >= 15 is 0 Å². The molecule has 0 saturated heterocycles. The molecule has 2 aromatic carbocycles. The lowest BCUT2D eigenvalue weighted by Gasteiger charge is -2.24. The third kappa shape index (κ3) is 3.42. The van der Waals surface area contributed by atoms with Gasteiger partial charge < -0.3 is 15.4 Å². The molecule has 148 valence electrons. The zero-order valence-corrected chi connectivity index (χ0v) is 15.3. The van der Waals surface area contributed by atoms with Crippen molar-refractivity contribution >= 4 is 23.3 Å². The van der Waals surface area contributed by atoms with Gasteiger partial charge in [-0.15, -0.1) is 0 Å². The Balaban J connectivity index is 1.68. The first-order valence-corrected chi connectivity index (χ1v) is 8.74. The van der Waals surface area contributed by atoms with E-state index in [9.17, 15) is 18.4 Å². The standard InChI is InChI=1S/C20H16F2N4O3/c1-29-17-5-3-2-4-12(17)13-10-23-26-16(9-18(27)25-19(13)26)20(28)24-11-6-7-14(21)15(22)8-11/h2-8,10,16H,9H2,1H3,(H,24,28)(H,25,27)/t16-/m0/s1. The highest BCUT2D eigenvalue weighted by Gasteiger charge is 2.33. The van der Waals surface area contributed by atoms with Crippen LogP contribution in [0.15, 0.2) is 48.7 Å². The molecular weight excluding hydrogens is 382 g/mol. The topological polar surface area (TPSA) is 85.2 Å². The van der Waals surface area contributed by atoms with Gasteiger partial charge in [-0.2, -0.15) is 5.10 Å². The number of aromatic nitrogens is 2. The predicted molar refractivity (Wildman–Crippen MR) is 101 cm³/mol. The molecule has 3 aromatic rings. The number of methoxy groups -OCH3 is 1. The van der Waals surface area contributed by atoms with Crippen molar-refractivity contribution in [2.45, 2.75) is 12.5 Å². The molecular formula is C20H16F2N4O3. The molecule has 29 heavy (non-hydrogen) atoms. The lowest BCUT2D eigenvalue weighted by molar-refractivity contribution is -0.125. The van der Waals surface area contributed by atoms with E-state index in [1.165, 1.54) is 24.1 Å². The van der Waals surface area contributed by atoms with Crippen molar-refractivity contribution < 1.29 is 23.1 Å². The lowest BCUT2D eigenvalue weighted by atomic mass is 10.1. The first-order valence-electron chi connectivity index (χ1n) is 8.74. The number of nitrogens with zero attached hydrogens (tertiary/aromatic N) is 2. The average Bonchev–Trinajstić information content (AvgIpc) is 3.13. The molecule has 0 saturated carbocycles. The first kappa shape index (κ1) is 18.6. The third-order valence-corrected chi connectivity index (χ3v) is 4.61. The van der Waals surface area contributed by atoms with Crippen molar-refractivity contribution in [3.63, 3.8) is 0 Å². The van der Waals surface area contributed by atoms with Crippen LogP contribution < -0.4 is 15.4 Å². The van der Waals surface area contributed by atoms with Crippen LogP contribution in [0.4, 0.5) is 20.3 Å². The molecule has 0 unspecified atom stereocenters. The summed E-state index contributed by atoms with van der Waals surface area (Å²) in [6, 6.07) is 9.30. The summed E-state index contributed by atoms with van der Waals surface area (Å²) < 4.78 is 33.3. The number of para-hydroxylation sites is 1. The van der Waals surface area contributed by atoms with E-state index in [1.807, 2.05) is 18.2 Å². The van der Waals surface area contributed by atoms with E-state index in [1.54, 1.807) is 6.07 Å². The monoisotopic (exact) mass is 398 g/mol. The van der Waals surface area contributed by atoms with E-state index in [-0.39, 0.29) is 18.0 Å². The summed E-state index contributed by atoms with van der Waals surface area (Å²) in [6.07, 6.45) is 1.40. The number of fused-ring (bicyclic) bond motifs is 1. The van der Waals surface area contributed by atoms with Crippen LogP contribution in [-0.2, 0) is 9.59 Å². The van der Waals surface area contributed by atoms with Gasteiger partial charge in [0.15, 0.2) is 11.6 Å². The van der Waals surface area contributed by atoms with E-state index in [0.717, 1.165) is 12.1 Å². The fourth-order valence-corrected chi connectivity index (χ4v) is 3.24. The minimum Gasteiger partial charge on any atom is -0.496 e. The summed E-state index contributed by atoms with van der Waals surface area (Å²) >= 11 is 0. The summed E-state index contributed by atoms with van der Waals surface area (Å²) in [5.74, 6) is -2.08. The number of halogens is 2. The molecule has 0 bridgehead atoms. The third-order valence-electron chi connectivity index (χ3n) is 4.61. The van der Waals surface area contributed by atoms with E-state index in [0.29, 0.717) is 22.7 Å². The van der Waals surface area contributed by atoms with Crippen molar-refractivity contribution in [2.75, 3.05) is 17.7 Å². The van der Waals surface area contributed by atoms with Crippen molar-refractivity contribution in [1.82, 2.24) is 9.78 Å². The molecule has 0 radical (unpaired) electrons. The van der Waals surface area contributed by atoms with Crippen LogP contribution in [0.3, 0.4) is 0 Å². The summed E-state index contributed by atoms with van der Waals surface area (Å²) in [5, 5.41) is 9.51. The molecule has 0 fully saturated rings. The fraction of sp³-hybridized carbons (Fsp3) is 0.150. The van der Waals surface area contributed by atoms with Crippen molar-refractivity contribution in [3.05, 3.63) is 60.3 Å². The number of nitrogens with one attached hydrogen (secondary N) is 2. The Morgan fingerprint density at radius 2 is 2.00 bits per heavy atom. The maximum absolute atomic E-state index is 13.4. The summed E-state index contributed by atoms with van der Waals surface area (Å²) in [6.45, 7) is 0. The number of amides is 2. The van der Waals surface area contributed by atoms with Crippen molar-refractivity contribution in [1.29, 1.82) is 0 Å². The molecule has 2 N–H and O–H groups in total. The zero-order chi connectivity index (χ0) is 20.5. The zero-order valence-electron chi connectivity index (χ0n) is 15.3. The van der Waals surface area contributed by atoms with Gasteiger partial charge in [0.05, 0.1) is 19.7 Å². The van der Waals surface area contributed by atoms with Gasteiger partial charge in [-0.25, -0.2) is 13.5 Å². The van der Waals surface area contributed by atoms with Crippen LogP contribution in [0.25, 0.3) is 11.1 Å². The Bertz CT molecular complexity index is 1110. The normalized spacial score (nSPS) is 15.4. The molecule has 0 spiro atoms. The van der Waals surface area contributed by atoms with Crippen LogP contribution >= 0.6 is 0 Å². The molecule has 1 aromatic heterocycles. The Labute approximate surface area is 164 Å². The van der Waals surface area contributed by atoms with Crippen LogP contribution in [0.2, 0.25) is 0 Å². The maximum Gasteiger partial charge on any atom is 0.249 e. The minimum atomic E-state index is -1.08. The van der Waals surface area contributed by atoms with E-state index in [2.05, 4.69) is 15.7 Å². The number of hydrogen-bond donors (Lipinski definition) is 2. The predicted octanol–water partition coefficient (Wildman–Crippen LogP) is 3.36. The number of anilines is 2. The quantitative estimate of drug-likeness (QED) is 0.706. The molecule has 4 rings (SSSR count). The molecule has 2 heterocycles. The van der Waals surface area contributed by atoms with E-state index < -0.39 is 23.6 Å². The largest absolute Gasteiger partial charge is 0.496 e. The molecule has 1 atom stereocenters. The van der Waals surface area contributed by atoms with Gasteiger partial charge in [-0.05, 0) is 18.2 Å². The van der Waals surface area contributed by atoms with Crippen molar-refractivity contribution in [3.8, 4) is 16.9 Å². The Morgan fingerprint density at radius 3 is 2.76 bits per heavy atom. The SMILES string of the molecule is COc1ccccc1-c1cnn2c1NC(=O)C[C@H]2C(=O)Nc1ccc(F)c(F)c1. The van der Waals surface area contributed by atoms with Gasteiger partial charge in [0, 0.05) is 22.9 Å². The maximum atomic E-state index is 13.4. The second-order valence-corrected chi connectivity index (χ2v) is 6.44. The summed E-state index contributed by atoms with van der Waals surface area (Å²) in [5.41, 5.74) is 1.39. The van der Waals surface area contributed by atoms with Gasteiger partial charge in [-0.3, -0.25) is 9.59 Å². The van der Waals surface area contributed by atoms with Gasteiger partial charge >= 0.3 is 0 Å². The first-order chi connectivity index (χ1) is 14.0. The number of ether oxygens (including phenoxy) is 1. The van der Waals surface area contributed by atoms with Gasteiger partial charge in [0.1, 0.15) is 17.6 Å². The second-order valence-electron chi connectivity index (χ2n) is 6.44. The number of benzene rings is 2. The summed E-state index contributed by atoms with van der Waals surface area (Å²) in [4.78, 5) is 25.0. The minimum absolute atomic E-state index is 0.0820. The highest BCUT2D eigenvalue weighted by molar-refractivity contribution is 6.03. The second kappa shape index (κ2) is 7.34. The summed E-state index contributed by atoms with van der Waals surface area (Å²) in [7, 11) is 1.53. The van der Waals surface area contributed by atoms with Gasteiger partial charge in [0.25, 0.3) is 0 Å². The number of rotatable bonds is 4. The van der Waals surface area contributed by atoms with Crippen LogP contribution in [0.5, 0.6) is 5.75 Å². The Morgan fingerprint density at radius 1 is 1.21 bits per heavy atom. The van der Waals surface area contributed by atoms with Crippen LogP contribution in [-0.4, -0.2) is 28.7 Å². The number of hydrogen-bond acceptors (Lipinski definition) is 4. The number of carbonyl (C=O) groups is 2. The van der Waals surface area contributed by atoms with Gasteiger partial charge in [-0.1, -0.05) is 18.2 Å². The molecule has 9 heteroatoms. The molecule has 1 aliphatic heterocycles. The van der Waals surface area contributed by atoms with Crippen molar-refractivity contribution in [2.24, 2.45) is 0 Å². The highest BCUT2D eigenvalue weighted by atomic mass is 19.2. The Hall–Kier alpha value is -3.75. The lowest BCUT2D eigenvalue weighted by Crippen LogP contribution is -2.35. The smallest absolute Gasteiger partial charge is 0.249 e. The van der Waals surface area contributed by atoms with E-state index in [4.69, 9.17) is 4.74 Å². The average molecular weight is 398 g/mol. The highest BCUT2D eigenvalue weighted by Crippen LogP contribution is 2.38. The Kier molecular flexibility index (Phi) is 4.71. The number of carbonyl (C=O) groups excluding carboxylic acids is 2. The molecule has 1 aliphatic rings.